The van der Waals surface area contributed by atoms with Gasteiger partial charge in [-0.2, -0.15) is 0 Å². The molecule has 0 aliphatic rings. The van der Waals surface area contributed by atoms with E-state index in [1.807, 2.05) is 0 Å². The minimum absolute atomic E-state index is 0.0449. The summed E-state index contributed by atoms with van der Waals surface area (Å²) in [4.78, 5) is 14.7. The lowest BCUT2D eigenvalue weighted by Gasteiger charge is -2.21. The van der Waals surface area contributed by atoms with Gasteiger partial charge in [-0.15, -0.1) is 11.3 Å². The lowest BCUT2D eigenvalue weighted by molar-refractivity contribution is -0.385. The molecule has 0 bridgehead atoms. The van der Waals surface area contributed by atoms with Gasteiger partial charge >= 0.3 is 5.69 Å². The molecule has 0 radical (unpaired) electrons. The van der Waals surface area contributed by atoms with Crippen LogP contribution in [0.1, 0.15) is 0 Å². The van der Waals surface area contributed by atoms with E-state index in [-0.39, 0.29) is 29.5 Å². The molecular weight excluding hydrogens is 390 g/mol. The molecule has 0 aliphatic heterocycles. The zero-order valence-electron chi connectivity index (χ0n) is 14.0. The van der Waals surface area contributed by atoms with Crippen molar-refractivity contribution in [3.8, 4) is 5.75 Å². The second-order valence-electron chi connectivity index (χ2n) is 5.28. The average molecular weight is 405 g/mol. The van der Waals surface area contributed by atoms with Gasteiger partial charge in [-0.1, -0.05) is 30.3 Å². The summed E-state index contributed by atoms with van der Waals surface area (Å²) in [6.07, 6.45) is 1.51. The van der Waals surface area contributed by atoms with E-state index in [9.17, 15) is 18.5 Å². The molecule has 3 aromatic rings. The lowest BCUT2D eigenvalue weighted by Crippen LogP contribution is -2.34. The van der Waals surface area contributed by atoms with Crippen LogP contribution in [0.4, 0.5) is 10.8 Å². The molecule has 0 spiro atoms. The number of para-hydroxylation sites is 2. The maximum absolute atomic E-state index is 13.0. The topological polar surface area (TPSA) is 103 Å². The Balaban J connectivity index is 1.82. The highest BCUT2D eigenvalue weighted by atomic mass is 32.2. The summed E-state index contributed by atoms with van der Waals surface area (Å²) < 4.78 is 32.6. The number of benzene rings is 2. The van der Waals surface area contributed by atoms with Crippen LogP contribution in [0.2, 0.25) is 0 Å². The highest BCUT2D eigenvalue weighted by Gasteiger charge is 2.27. The second-order valence-corrected chi connectivity index (χ2v) is 8.01. The SMILES string of the molecule is O=[N+]([O-])c1ccccc1OCCN(c1nccs1)S(=O)(=O)c1ccccc1. The number of nitro groups is 1. The number of ether oxygens (including phenoxy) is 1. The first kappa shape index (κ1) is 18.8. The lowest BCUT2D eigenvalue weighted by atomic mass is 10.3. The monoisotopic (exact) mass is 405 g/mol. The van der Waals surface area contributed by atoms with E-state index in [1.165, 1.54) is 47.9 Å². The fourth-order valence-corrected chi connectivity index (χ4v) is 4.67. The maximum atomic E-state index is 13.0. The van der Waals surface area contributed by atoms with Gasteiger partial charge in [0.05, 0.1) is 16.4 Å². The minimum Gasteiger partial charge on any atom is -0.485 e. The van der Waals surface area contributed by atoms with Crippen LogP contribution in [0.5, 0.6) is 5.75 Å². The Morgan fingerprint density at radius 1 is 1.11 bits per heavy atom. The zero-order chi connectivity index (χ0) is 19.3. The van der Waals surface area contributed by atoms with Crippen molar-refractivity contribution in [1.29, 1.82) is 0 Å². The number of rotatable bonds is 8. The normalized spacial score (nSPS) is 11.1. The van der Waals surface area contributed by atoms with Crippen molar-refractivity contribution in [2.75, 3.05) is 17.5 Å². The molecule has 0 atom stereocenters. The minimum atomic E-state index is -3.84. The van der Waals surface area contributed by atoms with E-state index in [4.69, 9.17) is 4.74 Å². The molecule has 0 fully saturated rings. The first-order chi connectivity index (χ1) is 13.0. The van der Waals surface area contributed by atoms with Gasteiger partial charge in [-0.3, -0.25) is 10.1 Å². The summed E-state index contributed by atoms with van der Waals surface area (Å²) in [6, 6.07) is 13.9. The van der Waals surface area contributed by atoms with E-state index >= 15 is 0 Å². The molecule has 1 heterocycles. The highest BCUT2D eigenvalue weighted by molar-refractivity contribution is 7.93. The third-order valence-electron chi connectivity index (χ3n) is 3.58. The standard InChI is InChI=1S/C17H15N3O5S2/c21-20(22)15-8-4-5-9-16(15)25-12-11-19(17-18-10-13-26-17)27(23,24)14-6-2-1-3-7-14/h1-10,13H,11-12H2. The van der Waals surface area contributed by atoms with Crippen molar-refractivity contribution < 1.29 is 18.1 Å². The van der Waals surface area contributed by atoms with Crippen molar-refractivity contribution in [3.05, 3.63) is 76.3 Å². The van der Waals surface area contributed by atoms with Crippen LogP contribution < -0.4 is 9.04 Å². The highest BCUT2D eigenvalue weighted by Crippen LogP contribution is 2.27. The van der Waals surface area contributed by atoms with Gasteiger partial charge in [0, 0.05) is 17.6 Å². The van der Waals surface area contributed by atoms with Gasteiger partial charge in [0.2, 0.25) is 0 Å². The van der Waals surface area contributed by atoms with E-state index in [2.05, 4.69) is 4.98 Å². The van der Waals surface area contributed by atoms with Crippen LogP contribution in [0.15, 0.2) is 71.1 Å². The van der Waals surface area contributed by atoms with Crippen molar-refractivity contribution >= 4 is 32.2 Å². The number of anilines is 1. The van der Waals surface area contributed by atoms with Gasteiger partial charge < -0.3 is 4.74 Å². The summed E-state index contributed by atoms with van der Waals surface area (Å²) in [5.74, 6) is 0.0821. The van der Waals surface area contributed by atoms with E-state index in [0.717, 1.165) is 4.31 Å². The molecule has 10 heteroatoms. The molecular formula is C17H15N3O5S2. The largest absolute Gasteiger partial charge is 0.485 e. The summed E-state index contributed by atoms with van der Waals surface area (Å²) in [5.41, 5.74) is -0.177. The van der Waals surface area contributed by atoms with Crippen molar-refractivity contribution in [3.63, 3.8) is 0 Å². The van der Waals surface area contributed by atoms with E-state index in [0.29, 0.717) is 5.13 Å². The Morgan fingerprint density at radius 3 is 2.48 bits per heavy atom. The Hall–Kier alpha value is -2.98. The summed E-state index contributed by atoms with van der Waals surface area (Å²) in [6.45, 7) is -0.118. The van der Waals surface area contributed by atoms with Crippen LogP contribution in [0.25, 0.3) is 0 Å². The molecule has 3 rings (SSSR count). The Kier molecular flexibility index (Phi) is 5.67. The third kappa shape index (κ3) is 4.23. The predicted octanol–water partition coefficient (Wildman–Crippen LogP) is 3.33. The fourth-order valence-electron chi connectivity index (χ4n) is 2.35. The molecule has 0 saturated heterocycles. The molecule has 2 aromatic carbocycles. The van der Waals surface area contributed by atoms with Gasteiger partial charge in [-0.25, -0.2) is 17.7 Å². The molecule has 8 nitrogen and oxygen atoms in total. The zero-order valence-corrected chi connectivity index (χ0v) is 15.6. The number of sulfonamides is 1. The Bertz CT molecular complexity index is 1010. The Morgan fingerprint density at radius 2 is 1.81 bits per heavy atom. The summed E-state index contributed by atoms with van der Waals surface area (Å²) in [7, 11) is -3.84. The maximum Gasteiger partial charge on any atom is 0.310 e. The molecule has 1 aromatic heterocycles. The smallest absolute Gasteiger partial charge is 0.310 e. The number of hydrogen-bond donors (Lipinski definition) is 0. The number of aromatic nitrogens is 1. The van der Waals surface area contributed by atoms with Gasteiger partial charge in [0.15, 0.2) is 10.9 Å². The van der Waals surface area contributed by atoms with Gasteiger partial charge in [0.25, 0.3) is 10.0 Å². The fraction of sp³-hybridized carbons (Fsp3) is 0.118. The van der Waals surface area contributed by atoms with Crippen molar-refractivity contribution in [1.82, 2.24) is 4.98 Å². The van der Waals surface area contributed by atoms with Crippen LogP contribution >= 0.6 is 11.3 Å². The van der Waals surface area contributed by atoms with E-state index in [1.54, 1.807) is 29.6 Å². The number of nitro benzene ring substituents is 1. The Labute approximate surface area is 159 Å². The predicted molar refractivity (Wildman–Crippen MR) is 102 cm³/mol. The molecule has 27 heavy (non-hydrogen) atoms. The van der Waals surface area contributed by atoms with Crippen LogP contribution in [-0.4, -0.2) is 31.5 Å². The van der Waals surface area contributed by atoms with Gasteiger partial charge in [-0.05, 0) is 18.2 Å². The molecule has 140 valence electrons. The quantitative estimate of drug-likeness (QED) is 0.421. The number of nitrogens with zero attached hydrogens (tertiary/aromatic N) is 3. The summed E-state index contributed by atoms with van der Waals surface area (Å²) >= 11 is 1.18. The van der Waals surface area contributed by atoms with Crippen LogP contribution in [0, 0.1) is 10.1 Å². The number of hydrogen-bond acceptors (Lipinski definition) is 7. The van der Waals surface area contributed by atoms with Crippen molar-refractivity contribution in [2.45, 2.75) is 4.90 Å². The summed E-state index contributed by atoms with van der Waals surface area (Å²) in [5, 5.41) is 13.0. The molecule has 0 saturated carbocycles. The van der Waals surface area contributed by atoms with Crippen molar-refractivity contribution in [2.24, 2.45) is 0 Å². The first-order valence-corrected chi connectivity index (χ1v) is 10.2. The third-order valence-corrected chi connectivity index (χ3v) is 6.29. The number of thiazole rings is 1. The molecule has 0 unspecified atom stereocenters. The molecule has 0 aliphatic carbocycles. The molecule has 0 N–H and O–H groups in total. The van der Waals surface area contributed by atoms with Gasteiger partial charge in [0.1, 0.15) is 6.61 Å². The van der Waals surface area contributed by atoms with E-state index < -0.39 is 14.9 Å². The molecule has 0 amide bonds. The second kappa shape index (κ2) is 8.14. The first-order valence-electron chi connectivity index (χ1n) is 7.83. The average Bonchev–Trinajstić information content (AvgIpc) is 3.20. The van der Waals surface area contributed by atoms with Crippen LogP contribution in [-0.2, 0) is 10.0 Å². The van der Waals surface area contributed by atoms with Crippen LogP contribution in [0.3, 0.4) is 0 Å².